The van der Waals surface area contributed by atoms with E-state index < -0.39 is 0 Å². The monoisotopic (exact) mass is 326 g/mol. The Kier molecular flexibility index (Phi) is 5.22. The molecule has 1 aromatic rings. The number of hydrogen-bond acceptors (Lipinski definition) is 3. The van der Waals surface area contributed by atoms with Crippen molar-refractivity contribution in [2.24, 2.45) is 0 Å². The molecule has 0 saturated carbocycles. The van der Waals surface area contributed by atoms with E-state index >= 15 is 0 Å². The highest BCUT2D eigenvalue weighted by Gasteiger charge is 2.15. The topological polar surface area (TPSA) is 50.4 Å². The van der Waals surface area contributed by atoms with E-state index in [-0.39, 0.29) is 5.91 Å². The van der Waals surface area contributed by atoms with E-state index in [0.717, 1.165) is 17.4 Å². The van der Waals surface area contributed by atoms with Gasteiger partial charge in [0.25, 0.3) is 5.91 Å². The van der Waals surface area contributed by atoms with Gasteiger partial charge in [-0.2, -0.15) is 0 Å². The third-order valence-electron chi connectivity index (χ3n) is 3.35. The molecule has 0 spiro atoms. The molecule has 2 rings (SSSR count). The normalized spacial score (nSPS) is 18.3. The summed E-state index contributed by atoms with van der Waals surface area (Å²) in [5.41, 5.74) is 0.574. The molecule has 1 saturated heterocycles. The van der Waals surface area contributed by atoms with E-state index in [9.17, 15) is 4.79 Å². The second kappa shape index (κ2) is 6.91. The van der Waals surface area contributed by atoms with E-state index in [4.69, 9.17) is 4.74 Å². The van der Waals surface area contributed by atoms with Gasteiger partial charge in [-0.3, -0.25) is 4.79 Å². The highest BCUT2D eigenvalue weighted by Crippen LogP contribution is 2.23. The van der Waals surface area contributed by atoms with Crippen molar-refractivity contribution in [2.75, 3.05) is 20.2 Å². The molecule has 1 aliphatic heterocycles. The molecule has 0 unspecified atom stereocenters. The first-order valence-corrected chi connectivity index (χ1v) is 7.35. The molecule has 19 heavy (non-hydrogen) atoms. The summed E-state index contributed by atoms with van der Waals surface area (Å²) in [7, 11) is 1.57. The van der Waals surface area contributed by atoms with Crippen molar-refractivity contribution >= 4 is 21.8 Å². The van der Waals surface area contributed by atoms with E-state index in [1.807, 2.05) is 6.07 Å². The zero-order chi connectivity index (χ0) is 13.7. The van der Waals surface area contributed by atoms with Crippen LogP contribution in [0.1, 0.15) is 29.6 Å². The average Bonchev–Trinajstić information content (AvgIpc) is 2.91. The lowest BCUT2D eigenvalue weighted by atomic mass is 10.1. The fraction of sp³-hybridized carbons (Fsp3) is 0.500. The maximum Gasteiger partial charge on any atom is 0.255 e. The standard InChI is InChI=1S/C14H19BrN2O2/c1-19-13-9-10(15)4-5-12(13)14(18)17-8-6-11-3-2-7-16-11/h4-5,9,11,16H,2-3,6-8H2,1H3,(H,17,18)/t11-/m0/s1. The second-order valence-corrected chi connectivity index (χ2v) is 5.60. The van der Waals surface area contributed by atoms with Gasteiger partial charge >= 0.3 is 0 Å². The minimum atomic E-state index is -0.0812. The van der Waals surface area contributed by atoms with Gasteiger partial charge in [-0.05, 0) is 44.0 Å². The Bertz CT molecular complexity index is 445. The van der Waals surface area contributed by atoms with Gasteiger partial charge in [0, 0.05) is 17.1 Å². The summed E-state index contributed by atoms with van der Waals surface area (Å²) < 4.78 is 6.12. The summed E-state index contributed by atoms with van der Waals surface area (Å²) >= 11 is 3.36. The Morgan fingerprint density at radius 3 is 3.11 bits per heavy atom. The molecule has 5 heteroatoms. The minimum Gasteiger partial charge on any atom is -0.496 e. The zero-order valence-electron chi connectivity index (χ0n) is 11.0. The maximum atomic E-state index is 12.1. The molecule has 1 aliphatic rings. The smallest absolute Gasteiger partial charge is 0.255 e. The van der Waals surface area contributed by atoms with Gasteiger partial charge in [-0.25, -0.2) is 0 Å². The maximum absolute atomic E-state index is 12.1. The van der Waals surface area contributed by atoms with Crippen LogP contribution >= 0.6 is 15.9 Å². The summed E-state index contributed by atoms with van der Waals surface area (Å²) in [4.78, 5) is 12.1. The van der Waals surface area contributed by atoms with Crippen LogP contribution < -0.4 is 15.4 Å². The molecule has 0 aromatic heterocycles. The number of rotatable bonds is 5. The Hall–Kier alpha value is -1.07. The largest absolute Gasteiger partial charge is 0.496 e. The molecule has 0 aliphatic carbocycles. The Morgan fingerprint density at radius 2 is 2.42 bits per heavy atom. The van der Waals surface area contributed by atoms with Gasteiger partial charge < -0.3 is 15.4 Å². The second-order valence-electron chi connectivity index (χ2n) is 4.68. The predicted octanol–water partition coefficient (Wildman–Crippen LogP) is 2.33. The van der Waals surface area contributed by atoms with Crippen molar-refractivity contribution < 1.29 is 9.53 Å². The van der Waals surface area contributed by atoms with E-state index in [0.29, 0.717) is 23.9 Å². The molecule has 1 fully saturated rings. The summed E-state index contributed by atoms with van der Waals surface area (Å²) in [6.07, 6.45) is 3.42. The van der Waals surface area contributed by atoms with Crippen molar-refractivity contribution in [3.63, 3.8) is 0 Å². The zero-order valence-corrected chi connectivity index (χ0v) is 12.6. The van der Waals surface area contributed by atoms with Crippen LogP contribution in [0.3, 0.4) is 0 Å². The molecule has 1 heterocycles. The first-order chi connectivity index (χ1) is 9.20. The van der Waals surface area contributed by atoms with Crippen LogP contribution in [-0.2, 0) is 0 Å². The van der Waals surface area contributed by atoms with Crippen molar-refractivity contribution in [3.05, 3.63) is 28.2 Å². The van der Waals surface area contributed by atoms with E-state index in [1.165, 1.54) is 12.8 Å². The van der Waals surface area contributed by atoms with Crippen LogP contribution in [-0.4, -0.2) is 32.1 Å². The Morgan fingerprint density at radius 1 is 1.58 bits per heavy atom. The lowest BCUT2D eigenvalue weighted by molar-refractivity contribution is 0.0949. The van der Waals surface area contributed by atoms with Crippen LogP contribution in [0.5, 0.6) is 5.75 Å². The third-order valence-corrected chi connectivity index (χ3v) is 3.84. The highest BCUT2D eigenvalue weighted by molar-refractivity contribution is 9.10. The van der Waals surface area contributed by atoms with Gasteiger partial charge in [-0.1, -0.05) is 15.9 Å². The number of carbonyl (C=O) groups is 1. The average molecular weight is 327 g/mol. The Balaban J connectivity index is 1.88. The Labute approximate surface area is 122 Å². The summed E-state index contributed by atoms with van der Waals surface area (Å²) in [5.74, 6) is 0.508. The molecule has 104 valence electrons. The van der Waals surface area contributed by atoms with Crippen LogP contribution in [0.25, 0.3) is 0 Å². The molecule has 1 aromatic carbocycles. The molecule has 2 N–H and O–H groups in total. The van der Waals surface area contributed by atoms with Gasteiger partial charge in [0.2, 0.25) is 0 Å². The number of hydrogen-bond donors (Lipinski definition) is 2. The molecular weight excluding hydrogens is 308 g/mol. The minimum absolute atomic E-state index is 0.0812. The highest BCUT2D eigenvalue weighted by atomic mass is 79.9. The van der Waals surface area contributed by atoms with Crippen molar-refractivity contribution in [3.8, 4) is 5.75 Å². The summed E-state index contributed by atoms with van der Waals surface area (Å²) in [6, 6.07) is 5.96. The molecule has 0 radical (unpaired) electrons. The van der Waals surface area contributed by atoms with Crippen LogP contribution in [0.15, 0.2) is 22.7 Å². The van der Waals surface area contributed by atoms with E-state index in [1.54, 1.807) is 19.2 Å². The number of ether oxygens (including phenoxy) is 1. The van der Waals surface area contributed by atoms with Crippen molar-refractivity contribution in [2.45, 2.75) is 25.3 Å². The van der Waals surface area contributed by atoms with Crippen LogP contribution in [0.4, 0.5) is 0 Å². The number of methoxy groups -OCH3 is 1. The quantitative estimate of drug-likeness (QED) is 0.873. The first-order valence-electron chi connectivity index (χ1n) is 6.56. The lowest BCUT2D eigenvalue weighted by Crippen LogP contribution is -2.30. The van der Waals surface area contributed by atoms with Gasteiger partial charge in [0.15, 0.2) is 0 Å². The fourth-order valence-electron chi connectivity index (χ4n) is 2.31. The third kappa shape index (κ3) is 3.94. The summed E-state index contributed by atoms with van der Waals surface area (Å²) in [6.45, 7) is 1.79. The van der Waals surface area contributed by atoms with Gasteiger partial charge in [0.05, 0.1) is 12.7 Å². The fourth-order valence-corrected chi connectivity index (χ4v) is 2.65. The molecule has 1 amide bonds. The van der Waals surface area contributed by atoms with Crippen molar-refractivity contribution in [1.82, 2.24) is 10.6 Å². The first kappa shape index (κ1) is 14.3. The molecule has 0 bridgehead atoms. The number of amides is 1. The lowest BCUT2D eigenvalue weighted by Gasteiger charge is -2.12. The van der Waals surface area contributed by atoms with Crippen LogP contribution in [0, 0.1) is 0 Å². The number of halogens is 1. The van der Waals surface area contributed by atoms with Crippen LogP contribution in [0.2, 0.25) is 0 Å². The van der Waals surface area contributed by atoms with Crippen molar-refractivity contribution in [1.29, 1.82) is 0 Å². The number of carbonyl (C=O) groups excluding carboxylic acids is 1. The number of nitrogens with one attached hydrogen (secondary N) is 2. The predicted molar refractivity (Wildman–Crippen MR) is 78.7 cm³/mol. The summed E-state index contributed by atoms with van der Waals surface area (Å²) in [5, 5.41) is 6.36. The number of benzene rings is 1. The molecular formula is C14H19BrN2O2. The van der Waals surface area contributed by atoms with Gasteiger partial charge in [0.1, 0.15) is 5.75 Å². The molecule has 4 nitrogen and oxygen atoms in total. The van der Waals surface area contributed by atoms with E-state index in [2.05, 4.69) is 26.6 Å². The van der Waals surface area contributed by atoms with Gasteiger partial charge in [-0.15, -0.1) is 0 Å². The molecule has 1 atom stereocenters. The SMILES string of the molecule is COc1cc(Br)ccc1C(=O)NCC[C@@H]1CCCN1.